The van der Waals surface area contributed by atoms with Gasteiger partial charge in [0.2, 0.25) is 0 Å². The van der Waals surface area contributed by atoms with E-state index in [1.165, 1.54) is 6.20 Å². The van der Waals surface area contributed by atoms with Gasteiger partial charge in [-0.2, -0.15) is 0 Å². The molecule has 0 amide bonds. The smallest absolute Gasteiger partial charge is 0.337 e. The molecule has 0 radical (unpaired) electrons. The van der Waals surface area contributed by atoms with Crippen LogP contribution in [-0.2, 0) is 0 Å². The standard InChI is InChI=1S/C15H25N3O2/c1-4-17(5-2)10-7-11-18(6-3)14-9-8-13(12-16-14)15(19)20/h8-9,12H,4-7,10-11H2,1-3H3,(H,19,20). The van der Waals surface area contributed by atoms with Crippen molar-refractivity contribution < 1.29 is 9.90 Å². The van der Waals surface area contributed by atoms with E-state index < -0.39 is 5.97 Å². The molecule has 0 saturated heterocycles. The molecular formula is C15H25N3O2. The lowest BCUT2D eigenvalue weighted by Crippen LogP contribution is -2.30. The van der Waals surface area contributed by atoms with Gasteiger partial charge in [0.25, 0.3) is 0 Å². The number of pyridine rings is 1. The first-order valence-electron chi connectivity index (χ1n) is 7.28. The van der Waals surface area contributed by atoms with Gasteiger partial charge in [-0.25, -0.2) is 9.78 Å². The second kappa shape index (κ2) is 8.53. The molecule has 112 valence electrons. The van der Waals surface area contributed by atoms with Gasteiger partial charge in [0.15, 0.2) is 0 Å². The molecule has 0 spiro atoms. The Balaban J connectivity index is 2.55. The maximum absolute atomic E-state index is 10.8. The summed E-state index contributed by atoms with van der Waals surface area (Å²) in [5.74, 6) is -0.0920. The average Bonchev–Trinajstić information content (AvgIpc) is 2.48. The van der Waals surface area contributed by atoms with Crippen LogP contribution in [0.4, 0.5) is 5.82 Å². The molecule has 1 heterocycles. The van der Waals surface area contributed by atoms with Gasteiger partial charge in [-0.3, -0.25) is 0 Å². The van der Waals surface area contributed by atoms with Crippen molar-refractivity contribution >= 4 is 11.8 Å². The Morgan fingerprint density at radius 3 is 2.30 bits per heavy atom. The highest BCUT2D eigenvalue weighted by Gasteiger charge is 2.08. The van der Waals surface area contributed by atoms with Crippen LogP contribution in [0.15, 0.2) is 18.3 Å². The fourth-order valence-corrected chi connectivity index (χ4v) is 2.16. The molecule has 20 heavy (non-hydrogen) atoms. The van der Waals surface area contributed by atoms with E-state index in [4.69, 9.17) is 5.11 Å². The Bertz CT molecular complexity index is 402. The number of carboxylic acids is 1. The quantitative estimate of drug-likeness (QED) is 0.752. The maximum Gasteiger partial charge on any atom is 0.337 e. The van der Waals surface area contributed by atoms with Gasteiger partial charge < -0.3 is 14.9 Å². The van der Waals surface area contributed by atoms with E-state index in [-0.39, 0.29) is 5.56 Å². The number of aromatic nitrogens is 1. The third-order valence-corrected chi connectivity index (χ3v) is 3.50. The highest BCUT2D eigenvalue weighted by atomic mass is 16.4. The van der Waals surface area contributed by atoms with Crippen molar-refractivity contribution in [1.82, 2.24) is 9.88 Å². The molecule has 1 aromatic heterocycles. The molecule has 5 nitrogen and oxygen atoms in total. The van der Waals surface area contributed by atoms with E-state index in [1.807, 2.05) is 0 Å². The topological polar surface area (TPSA) is 56.7 Å². The van der Waals surface area contributed by atoms with Gasteiger partial charge in [-0.1, -0.05) is 13.8 Å². The SMILES string of the molecule is CCN(CC)CCCN(CC)c1ccc(C(=O)O)cn1. The first kappa shape index (κ1) is 16.4. The highest BCUT2D eigenvalue weighted by Crippen LogP contribution is 2.12. The van der Waals surface area contributed by atoms with E-state index in [0.29, 0.717) is 0 Å². The molecule has 1 N–H and O–H groups in total. The minimum absolute atomic E-state index is 0.230. The molecule has 0 aliphatic carbocycles. The number of anilines is 1. The molecule has 0 bridgehead atoms. The molecule has 0 aliphatic rings. The van der Waals surface area contributed by atoms with E-state index in [1.54, 1.807) is 12.1 Å². The zero-order valence-electron chi connectivity index (χ0n) is 12.7. The fraction of sp³-hybridized carbons (Fsp3) is 0.600. The lowest BCUT2D eigenvalue weighted by Gasteiger charge is -2.24. The average molecular weight is 279 g/mol. The molecule has 0 unspecified atom stereocenters. The molecule has 1 rings (SSSR count). The lowest BCUT2D eigenvalue weighted by atomic mass is 10.2. The summed E-state index contributed by atoms with van der Waals surface area (Å²) in [7, 11) is 0. The monoisotopic (exact) mass is 279 g/mol. The molecule has 1 aromatic rings. The predicted molar refractivity (Wildman–Crippen MR) is 81.5 cm³/mol. The number of hydrogen-bond donors (Lipinski definition) is 1. The summed E-state index contributed by atoms with van der Waals surface area (Å²) in [4.78, 5) is 19.6. The highest BCUT2D eigenvalue weighted by molar-refractivity contribution is 5.87. The number of carbonyl (C=O) groups is 1. The van der Waals surface area contributed by atoms with Gasteiger partial charge in [-0.15, -0.1) is 0 Å². The van der Waals surface area contributed by atoms with Crippen molar-refractivity contribution in [2.75, 3.05) is 37.6 Å². The van der Waals surface area contributed by atoms with Gasteiger partial charge in [0.1, 0.15) is 5.82 Å². The summed E-state index contributed by atoms with van der Waals surface area (Å²) in [6.45, 7) is 11.5. The Labute approximate surface area is 121 Å². The number of aromatic carboxylic acids is 1. The summed E-state index contributed by atoms with van der Waals surface area (Å²) in [6, 6.07) is 3.39. The summed E-state index contributed by atoms with van der Waals surface area (Å²) >= 11 is 0. The lowest BCUT2D eigenvalue weighted by molar-refractivity contribution is 0.0696. The van der Waals surface area contributed by atoms with Crippen molar-refractivity contribution in [3.63, 3.8) is 0 Å². The largest absolute Gasteiger partial charge is 0.478 e. The molecule has 0 aliphatic heterocycles. The van der Waals surface area contributed by atoms with Gasteiger partial charge in [0.05, 0.1) is 5.56 Å². The minimum atomic E-state index is -0.936. The first-order chi connectivity index (χ1) is 9.62. The first-order valence-corrected chi connectivity index (χ1v) is 7.28. The van der Waals surface area contributed by atoms with Crippen LogP contribution < -0.4 is 4.90 Å². The van der Waals surface area contributed by atoms with E-state index in [2.05, 4.69) is 35.6 Å². The Kier molecular flexibility index (Phi) is 7.01. The number of nitrogens with zero attached hydrogens (tertiary/aromatic N) is 3. The fourth-order valence-electron chi connectivity index (χ4n) is 2.16. The summed E-state index contributed by atoms with van der Waals surface area (Å²) in [5, 5.41) is 8.87. The van der Waals surface area contributed by atoms with Gasteiger partial charge in [-0.05, 0) is 45.1 Å². The summed E-state index contributed by atoms with van der Waals surface area (Å²) < 4.78 is 0. The van der Waals surface area contributed by atoms with Gasteiger partial charge >= 0.3 is 5.97 Å². The second-order valence-electron chi connectivity index (χ2n) is 4.67. The number of hydrogen-bond acceptors (Lipinski definition) is 4. The van der Waals surface area contributed by atoms with Gasteiger partial charge in [0, 0.05) is 19.3 Å². The Hall–Kier alpha value is -1.62. The van der Waals surface area contributed by atoms with E-state index in [9.17, 15) is 4.79 Å². The van der Waals surface area contributed by atoms with Crippen LogP contribution >= 0.6 is 0 Å². The van der Waals surface area contributed by atoms with E-state index >= 15 is 0 Å². The van der Waals surface area contributed by atoms with Crippen LogP contribution in [0.1, 0.15) is 37.6 Å². The Morgan fingerprint density at radius 2 is 1.85 bits per heavy atom. The van der Waals surface area contributed by atoms with Crippen LogP contribution in [0.25, 0.3) is 0 Å². The van der Waals surface area contributed by atoms with Crippen LogP contribution in [0, 0.1) is 0 Å². The molecule has 0 atom stereocenters. The Morgan fingerprint density at radius 1 is 1.15 bits per heavy atom. The summed E-state index contributed by atoms with van der Waals surface area (Å²) in [6.07, 6.45) is 2.50. The molecule has 0 aromatic carbocycles. The van der Waals surface area contributed by atoms with E-state index in [0.717, 1.165) is 45.0 Å². The van der Waals surface area contributed by atoms with Crippen molar-refractivity contribution in [1.29, 1.82) is 0 Å². The maximum atomic E-state index is 10.8. The predicted octanol–water partition coefficient (Wildman–Crippen LogP) is 2.34. The molecular weight excluding hydrogens is 254 g/mol. The van der Waals surface area contributed by atoms with Crippen molar-refractivity contribution in [3.05, 3.63) is 23.9 Å². The van der Waals surface area contributed by atoms with Crippen LogP contribution in [0.2, 0.25) is 0 Å². The third-order valence-electron chi connectivity index (χ3n) is 3.50. The van der Waals surface area contributed by atoms with Crippen LogP contribution in [0.5, 0.6) is 0 Å². The zero-order valence-corrected chi connectivity index (χ0v) is 12.7. The summed E-state index contributed by atoms with van der Waals surface area (Å²) in [5.41, 5.74) is 0.230. The minimum Gasteiger partial charge on any atom is -0.478 e. The van der Waals surface area contributed by atoms with Crippen molar-refractivity contribution in [2.45, 2.75) is 27.2 Å². The second-order valence-corrected chi connectivity index (χ2v) is 4.67. The number of carboxylic acid groups (broad SMARTS) is 1. The zero-order chi connectivity index (χ0) is 15.0. The third kappa shape index (κ3) is 4.81. The molecule has 0 saturated carbocycles. The normalized spacial score (nSPS) is 10.8. The molecule has 5 heteroatoms. The molecule has 0 fully saturated rings. The van der Waals surface area contributed by atoms with Crippen LogP contribution in [-0.4, -0.2) is 53.7 Å². The van der Waals surface area contributed by atoms with Crippen molar-refractivity contribution in [3.8, 4) is 0 Å². The van der Waals surface area contributed by atoms with Crippen LogP contribution in [0.3, 0.4) is 0 Å². The van der Waals surface area contributed by atoms with Crippen molar-refractivity contribution in [2.24, 2.45) is 0 Å². The number of rotatable bonds is 9.